The standard InChI is InChI=1S/C26H26N2O3/c29-18-20-6-10-24(11-7-20)28-16-14-22(15-17-28)26(30)27-23-8-12-25(13-9-23)31-19-21-4-2-1-3-5-21/h1-13,18,22H,14-17,19H2,(H,27,30). The summed E-state index contributed by atoms with van der Waals surface area (Å²) < 4.78 is 5.80. The summed E-state index contributed by atoms with van der Waals surface area (Å²) in [4.78, 5) is 25.8. The Kier molecular flexibility index (Phi) is 6.62. The van der Waals surface area contributed by atoms with Crippen LogP contribution in [0.1, 0.15) is 28.8 Å². The molecule has 3 aromatic carbocycles. The van der Waals surface area contributed by atoms with E-state index >= 15 is 0 Å². The van der Waals surface area contributed by atoms with Crippen LogP contribution in [0.2, 0.25) is 0 Å². The zero-order valence-corrected chi connectivity index (χ0v) is 17.4. The average Bonchev–Trinajstić information content (AvgIpc) is 2.84. The number of aldehydes is 1. The molecular formula is C26H26N2O3. The van der Waals surface area contributed by atoms with Gasteiger partial charge in [0.2, 0.25) is 5.91 Å². The molecule has 1 fully saturated rings. The van der Waals surface area contributed by atoms with Gasteiger partial charge >= 0.3 is 0 Å². The second-order valence-electron chi connectivity index (χ2n) is 7.76. The van der Waals surface area contributed by atoms with E-state index in [0.29, 0.717) is 12.2 Å². The van der Waals surface area contributed by atoms with E-state index in [9.17, 15) is 9.59 Å². The van der Waals surface area contributed by atoms with Gasteiger partial charge in [0.25, 0.3) is 0 Å². The molecule has 0 atom stereocenters. The maximum Gasteiger partial charge on any atom is 0.227 e. The van der Waals surface area contributed by atoms with Crippen molar-refractivity contribution in [2.24, 2.45) is 5.92 Å². The number of hydrogen-bond donors (Lipinski definition) is 1. The Hall–Kier alpha value is -3.60. The van der Waals surface area contributed by atoms with Gasteiger partial charge in [-0.3, -0.25) is 9.59 Å². The van der Waals surface area contributed by atoms with Crippen LogP contribution >= 0.6 is 0 Å². The molecule has 4 rings (SSSR count). The molecule has 31 heavy (non-hydrogen) atoms. The van der Waals surface area contributed by atoms with Crippen LogP contribution in [0.3, 0.4) is 0 Å². The van der Waals surface area contributed by atoms with Gasteiger partial charge in [0.05, 0.1) is 0 Å². The zero-order valence-electron chi connectivity index (χ0n) is 17.4. The van der Waals surface area contributed by atoms with Crippen molar-refractivity contribution >= 4 is 23.6 Å². The second kappa shape index (κ2) is 9.94. The number of ether oxygens (including phenoxy) is 1. The highest BCUT2D eigenvalue weighted by molar-refractivity contribution is 5.92. The monoisotopic (exact) mass is 414 g/mol. The first-order chi connectivity index (χ1) is 15.2. The predicted molar refractivity (Wildman–Crippen MR) is 123 cm³/mol. The summed E-state index contributed by atoms with van der Waals surface area (Å²) in [6.45, 7) is 2.17. The number of carbonyl (C=O) groups is 2. The van der Waals surface area contributed by atoms with Crippen molar-refractivity contribution in [1.82, 2.24) is 0 Å². The summed E-state index contributed by atoms with van der Waals surface area (Å²) in [5.74, 6) is 0.837. The van der Waals surface area contributed by atoms with E-state index in [-0.39, 0.29) is 11.8 Å². The molecule has 5 heteroatoms. The van der Waals surface area contributed by atoms with Crippen molar-refractivity contribution in [1.29, 1.82) is 0 Å². The van der Waals surface area contributed by atoms with Gasteiger partial charge in [-0.25, -0.2) is 0 Å². The molecule has 1 aliphatic heterocycles. The van der Waals surface area contributed by atoms with E-state index in [1.54, 1.807) is 0 Å². The molecular weight excluding hydrogens is 388 g/mol. The van der Waals surface area contributed by atoms with E-state index in [1.807, 2.05) is 78.9 Å². The minimum Gasteiger partial charge on any atom is -0.489 e. The summed E-state index contributed by atoms with van der Waals surface area (Å²) in [5, 5.41) is 3.03. The van der Waals surface area contributed by atoms with Crippen molar-refractivity contribution in [3.63, 3.8) is 0 Å². The number of anilines is 2. The molecule has 1 N–H and O–H groups in total. The summed E-state index contributed by atoms with van der Waals surface area (Å²) >= 11 is 0. The number of benzene rings is 3. The minimum atomic E-state index is -0.000458. The molecule has 3 aromatic rings. The molecule has 0 unspecified atom stereocenters. The fourth-order valence-corrected chi connectivity index (χ4v) is 3.78. The molecule has 0 aliphatic carbocycles. The first-order valence-electron chi connectivity index (χ1n) is 10.6. The molecule has 1 saturated heterocycles. The number of carbonyl (C=O) groups excluding carboxylic acids is 2. The van der Waals surface area contributed by atoms with E-state index < -0.39 is 0 Å². The van der Waals surface area contributed by atoms with Crippen LogP contribution in [0.4, 0.5) is 11.4 Å². The Morgan fingerprint density at radius 2 is 1.61 bits per heavy atom. The number of rotatable bonds is 7. The van der Waals surface area contributed by atoms with Crippen molar-refractivity contribution in [2.75, 3.05) is 23.3 Å². The molecule has 1 amide bonds. The van der Waals surface area contributed by atoms with Crippen molar-refractivity contribution in [2.45, 2.75) is 19.4 Å². The van der Waals surface area contributed by atoms with Gasteiger partial charge in [0.15, 0.2) is 0 Å². The van der Waals surface area contributed by atoms with Crippen LogP contribution in [0.15, 0.2) is 78.9 Å². The molecule has 0 saturated carbocycles. The minimum absolute atomic E-state index is 0.000458. The maximum absolute atomic E-state index is 12.7. The Morgan fingerprint density at radius 3 is 2.26 bits per heavy atom. The summed E-state index contributed by atoms with van der Waals surface area (Å²) in [6.07, 6.45) is 2.46. The third-order valence-electron chi connectivity index (χ3n) is 5.63. The fraction of sp³-hybridized carbons (Fsp3) is 0.231. The molecule has 0 aromatic heterocycles. The normalized spacial score (nSPS) is 14.1. The lowest BCUT2D eigenvalue weighted by atomic mass is 9.95. The van der Waals surface area contributed by atoms with Crippen LogP contribution in [0, 0.1) is 5.92 Å². The fourth-order valence-electron chi connectivity index (χ4n) is 3.78. The van der Waals surface area contributed by atoms with Crippen molar-refractivity contribution in [3.05, 3.63) is 90.0 Å². The molecule has 158 valence electrons. The first-order valence-corrected chi connectivity index (χ1v) is 10.6. The Bertz CT molecular complexity index is 993. The third-order valence-corrected chi connectivity index (χ3v) is 5.63. The van der Waals surface area contributed by atoms with Crippen molar-refractivity contribution in [3.8, 4) is 5.75 Å². The largest absolute Gasteiger partial charge is 0.489 e. The molecule has 1 aliphatic rings. The summed E-state index contributed by atoms with van der Waals surface area (Å²) in [5.41, 5.74) is 3.67. The van der Waals surface area contributed by atoms with E-state index in [0.717, 1.165) is 54.9 Å². The lowest BCUT2D eigenvalue weighted by Crippen LogP contribution is -2.38. The summed E-state index contributed by atoms with van der Waals surface area (Å²) in [6, 6.07) is 25.1. The third kappa shape index (κ3) is 5.51. The SMILES string of the molecule is O=Cc1ccc(N2CCC(C(=O)Nc3ccc(OCc4ccccc4)cc3)CC2)cc1. The maximum atomic E-state index is 12.7. The van der Waals surface area contributed by atoms with Gasteiger partial charge in [-0.2, -0.15) is 0 Å². The first kappa shape index (κ1) is 20.7. The van der Waals surface area contributed by atoms with Crippen LogP contribution in [0.25, 0.3) is 0 Å². The molecule has 0 spiro atoms. The number of piperidine rings is 1. The Morgan fingerprint density at radius 1 is 0.935 bits per heavy atom. The quantitative estimate of drug-likeness (QED) is 0.557. The number of nitrogens with zero attached hydrogens (tertiary/aromatic N) is 1. The van der Waals surface area contributed by atoms with Gasteiger partial charge < -0.3 is 15.0 Å². The molecule has 0 bridgehead atoms. The zero-order chi connectivity index (χ0) is 21.5. The van der Waals surface area contributed by atoms with E-state index in [4.69, 9.17) is 4.74 Å². The number of hydrogen-bond acceptors (Lipinski definition) is 4. The van der Waals surface area contributed by atoms with Gasteiger partial charge in [-0.15, -0.1) is 0 Å². The van der Waals surface area contributed by atoms with Gasteiger partial charge in [0, 0.05) is 35.9 Å². The molecule has 0 radical (unpaired) electrons. The number of amides is 1. The van der Waals surface area contributed by atoms with E-state index in [2.05, 4.69) is 10.2 Å². The topological polar surface area (TPSA) is 58.6 Å². The lowest BCUT2D eigenvalue weighted by Gasteiger charge is -2.33. The van der Waals surface area contributed by atoms with Gasteiger partial charge in [0.1, 0.15) is 18.6 Å². The molecule has 5 nitrogen and oxygen atoms in total. The summed E-state index contributed by atoms with van der Waals surface area (Å²) in [7, 11) is 0. The van der Waals surface area contributed by atoms with Crippen LogP contribution in [-0.4, -0.2) is 25.3 Å². The smallest absolute Gasteiger partial charge is 0.227 e. The lowest BCUT2D eigenvalue weighted by molar-refractivity contribution is -0.120. The van der Waals surface area contributed by atoms with Gasteiger partial charge in [-0.1, -0.05) is 30.3 Å². The Labute approximate surface area is 182 Å². The number of nitrogens with one attached hydrogen (secondary N) is 1. The van der Waals surface area contributed by atoms with Crippen LogP contribution in [0.5, 0.6) is 5.75 Å². The highest BCUT2D eigenvalue weighted by Gasteiger charge is 2.25. The molecule has 1 heterocycles. The van der Waals surface area contributed by atoms with Crippen molar-refractivity contribution < 1.29 is 14.3 Å². The average molecular weight is 415 g/mol. The van der Waals surface area contributed by atoms with Crippen LogP contribution < -0.4 is 15.0 Å². The van der Waals surface area contributed by atoms with E-state index in [1.165, 1.54) is 0 Å². The van der Waals surface area contributed by atoms with Gasteiger partial charge in [-0.05, 0) is 66.9 Å². The Balaban J connectivity index is 1.25. The van der Waals surface area contributed by atoms with Crippen LogP contribution in [-0.2, 0) is 11.4 Å². The second-order valence-corrected chi connectivity index (χ2v) is 7.76. The highest BCUT2D eigenvalue weighted by Crippen LogP contribution is 2.25. The predicted octanol–water partition coefficient (Wildman–Crippen LogP) is 4.93. The highest BCUT2D eigenvalue weighted by atomic mass is 16.5.